The van der Waals surface area contributed by atoms with Crippen molar-refractivity contribution in [3.8, 4) is 22.6 Å². The van der Waals surface area contributed by atoms with Crippen molar-refractivity contribution in [1.29, 1.82) is 0 Å². The van der Waals surface area contributed by atoms with Crippen LogP contribution >= 0.6 is 0 Å². The maximum absolute atomic E-state index is 13.2. The SMILES string of the molecule is CCCCn1cc(-c2cc(OC)c(C(=O)N3CCOCC3)cc2OC)c2c(c1=O)CC(C)=C2. The number of hydrogen-bond donors (Lipinski definition) is 0. The number of carbonyl (C=O) groups is 1. The van der Waals surface area contributed by atoms with Gasteiger partial charge in [-0.1, -0.05) is 25.0 Å². The summed E-state index contributed by atoms with van der Waals surface area (Å²) in [6.45, 7) is 6.98. The van der Waals surface area contributed by atoms with Crippen LogP contribution in [0.3, 0.4) is 0 Å². The fourth-order valence-electron chi connectivity index (χ4n) is 4.57. The number of benzene rings is 1. The number of ether oxygens (including phenoxy) is 3. The predicted octanol–water partition coefficient (Wildman–Crippen LogP) is 3.76. The van der Waals surface area contributed by atoms with Crippen LogP contribution < -0.4 is 15.0 Å². The molecule has 0 N–H and O–H groups in total. The van der Waals surface area contributed by atoms with Crippen LogP contribution in [0.5, 0.6) is 11.5 Å². The number of aryl methyl sites for hydroxylation is 1. The van der Waals surface area contributed by atoms with Gasteiger partial charge in [0, 0.05) is 42.5 Å². The lowest BCUT2D eigenvalue weighted by molar-refractivity contribution is 0.0300. The maximum Gasteiger partial charge on any atom is 0.257 e. The van der Waals surface area contributed by atoms with Crippen LogP contribution in [0, 0.1) is 0 Å². The van der Waals surface area contributed by atoms with Crippen molar-refractivity contribution in [2.45, 2.75) is 39.7 Å². The summed E-state index contributed by atoms with van der Waals surface area (Å²) >= 11 is 0. The molecule has 0 saturated carbocycles. The number of morpholine rings is 1. The summed E-state index contributed by atoms with van der Waals surface area (Å²) < 4.78 is 18.6. The van der Waals surface area contributed by atoms with Crippen LogP contribution in [0.25, 0.3) is 17.2 Å². The molecule has 1 saturated heterocycles. The van der Waals surface area contributed by atoms with Gasteiger partial charge in [-0.05, 0) is 37.5 Å². The molecule has 2 aliphatic rings. The summed E-state index contributed by atoms with van der Waals surface area (Å²) in [7, 11) is 3.17. The van der Waals surface area contributed by atoms with Gasteiger partial charge in [0.2, 0.25) is 0 Å². The van der Waals surface area contributed by atoms with E-state index in [4.69, 9.17) is 14.2 Å². The number of rotatable bonds is 7. The Labute approximate surface area is 194 Å². The highest BCUT2D eigenvalue weighted by Gasteiger charge is 2.27. The standard InChI is InChI=1S/C26H32N2O5/c1-5-6-7-28-16-22(18-12-17(2)13-20(18)25(28)29)19-14-24(32-4)21(15-23(19)31-3)26(30)27-8-10-33-11-9-27/h12,14-16H,5-11,13H2,1-4H3. The number of nitrogens with zero attached hydrogens (tertiary/aromatic N) is 2. The van der Waals surface area contributed by atoms with Crippen molar-refractivity contribution in [2.75, 3.05) is 40.5 Å². The lowest BCUT2D eigenvalue weighted by Crippen LogP contribution is -2.40. The van der Waals surface area contributed by atoms with Crippen LogP contribution in [0.2, 0.25) is 0 Å². The largest absolute Gasteiger partial charge is 0.496 e. The van der Waals surface area contributed by atoms with E-state index in [2.05, 4.69) is 13.0 Å². The molecule has 1 aromatic heterocycles. The van der Waals surface area contributed by atoms with E-state index in [0.717, 1.165) is 40.7 Å². The number of methoxy groups -OCH3 is 2. The second-order valence-electron chi connectivity index (χ2n) is 8.61. The van der Waals surface area contributed by atoms with E-state index in [9.17, 15) is 9.59 Å². The van der Waals surface area contributed by atoms with Crippen LogP contribution in [-0.4, -0.2) is 55.9 Å². The molecule has 0 spiro atoms. The molecule has 0 radical (unpaired) electrons. The molecule has 33 heavy (non-hydrogen) atoms. The molecule has 1 fully saturated rings. The molecule has 1 aliphatic heterocycles. The summed E-state index contributed by atoms with van der Waals surface area (Å²) in [6, 6.07) is 3.61. The van der Waals surface area contributed by atoms with Crippen molar-refractivity contribution in [1.82, 2.24) is 9.47 Å². The minimum absolute atomic E-state index is 0.0698. The zero-order chi connectivity index (χ0) is 23.5. The molecule has 0 unspecified atom stereocenters. The zero-order valence-electron chi connectivity index (χ0n) is 19.9. The topological polar surface area (TPSA) is 70.0 Å². The van der Waals surface area contributed by atoms with E-state index in [0.29, 0.717) is 56.3 Å². The first-order chi connectivity index (χ1) is 16.0. The van der Waals surface area contributed by atoms with Gasteiger partial charge in [-0.15, -0.1) is 0 Å². The Hall–Kier alpha value is -3.06. The monoisotopic (exact) mass is 452 g/mol. The van der Waals surface area contributed by atoms with Crippen molar-refractivity contribution in [2.24, 2.45) is 0 Å². The van der Waals surface area contributed by atoms with Gasteiger partial charge >= 0.3 is 0 Å². The molecule has 2 aromatic rings. The van der Waals surface area contributed by atoms with Crippen molar-refractivity contribution < 1.29 is 19.0 Å². The second kappa shape index (κ2) is 9.83. The van der Waals surface area contributed by atoms with Gasteiger partial charge in [-0.3, -0.25) is 9.59 Å². The Morgan fingerprint density at radius 2 is 1.82 bits per heavy atom. The second-order valence-corrected chi connectivity index (χ2v) is 8.61. The van der Waals surface area contributed by atoms with Gasteiger partial charge in [-0.25, -0.2) is 0 Å². The molecule has 176 valence electrons. The number of hydrogen-bond acceptors (Lipinski definition) is 5. The molecule has 0 atom stereocenters. The number of unbranched alkanes of at least 4 members (excludes halogenated alkanes) is 1. The molecule has 7 nitrogen and oxygen atoms in total. The highest BCUT2D eigenvalue weighted by molar-refractivity contribution is 5.99. The molecule has 1 amide bonds. The van der Waals surface area contributed by atoms with Gasteiger partial charge < -0.3 is 23.7 Å². The van der Waals surface area contributed by atoms with Crippen molar-refractivity contribution >= 4 is 12.0 Å². The predicted molar refractivity (Wildman–Crippen MR) is 128 cm³/mol. The first-order valence-electron chi connectivity index (χ1n) is 11.5. The van der Waals surface area contributed by atoms with Gasteiger partial charge in [0.25, 0.3) is 11.5 Å². The van der Waals surface area contributed by atoms with Gasteiger partial charge in [-0.2, -0.15) is 0 Å². The third kappa shape index (κ3) is 4.42. The summed E-state index contributed by atoms with van der Waals surface area (Å²) in [6.07, 6.45) is 6.59. The van der Waals surface area contributed by atoms with Gasteiger partial charge in [0.05, 0.1) is 33.0 Å². The molecule has 4 rings (SSSR count). The number of amides is 1. The quantitative estimate of drug-likeness (QED) is 0.640. The number of aromatic nitrogens is 1. The van der Waals surface area contributed by atoms with Crippen molar-refractivity contribution in [3.63, 3.8) is 0 Å². The third-order valence-electron chi connectivity index (χ3n) is 6.36. The Kier molecular flexibility index (Phi) is 6.88. The van der Waals surface area contributed by atoms with E-state index < -0.39 is 0 Å². The van der Waals surface area contributed by atoms with E-state index >= 15 is 0 Å². The van der Waals surface area contributed by atoms with Gasteiger partial charge in [0.1, 0.15) is 11.5 Å². The molecule has 2 heterocycles. The summed E-state index contributed by atoms with van der Waals surface area (Å²) in [5.74, 6) is 0.961. The Morgan fingerprint density at radius 1 is 1.09 bits per heavy atom. The van der Waals surface area contributed by atoms with Gasteiger partial charge in [0.15, 0.2) is 0 Å². The highest BCUT2D eigenvalue weighted by Crippen LogP contribution is 2.40. The first kappa shape index (κ1) is 23.1. The summed E-state index contributed by atoms with van der Waals surface area (Å²) in [5.41, 5.74) is 5.15. The Bertz CT molecular complexity index is 1140. The van der Waals surface area contributed by atoms with E-state index in [1.807, 2.05) is 23.8 Å². The normalized spacial score (nSPS) is 15.3. The van der Waals surface area contributed by atoms with Crippen LogP contribution in [-0.2, 0) is 17.7 Å². The fraction of sp³-hybridized carbons (Fsp3) is 0.462. The molecule has 1 aliphatic carbocycles. The lowest BCUT2D eigenvalue weighted by Gasteiger charge is -2.28. The summed E-state index contributed by atoms with van der Waals surface area (Å²) in [5, 5.41) is 0. The minimum Gasteiger partial charge on any atom is -0.496 e. The fourth-order valence-corrected chi connectivity index (χ4v) is 4.57. The molecule has 1 aromatic carbocycles. The Morgan fingerprint density at radius 3 is 2.48 bits per heavy atom. The highest BCUT2D eigenvalue weighted by atomic mass is 16.5. The van der Waals surface area contributed by atoms with Crippen LogP contribution in [0.4, 0.5) is 0 Å². The van der Waals surface area contributed by atoms with Crippen LogP contribution in [0.15, 0.2) is 28.7 Å². The maximum atomic E-state index is 13.2. The Balaban J connectivity index is 1.86. The minimum atomic E-state index is -0.103. The molecular weight excluding hydrogens is 420 g/mol. The lowest BCUT2D eigenvalue weighted by atomic mass is 9.96. The third-order valence-corrected chi connectivity index (χ3v) is 6.36. The zero-order valence-corrected chi connectivity index (χ0v) is 19.9. The smallest absolute Gasteiger partial charge is 0.257 e. The van der Waals surface area contributed by atoms with E-state index in [1.165, 1.54) is 0 Å². The van der Waals surface area contributed by atoms with E-state index in [1.54, 1.807) is 25.2 Å². The summed E-state index contributed by atoms with van der Waals surface area (Å²) in [4.78, 5) is 28.1. The number of pyridine rings is 1. The number of carbonyl (C=O) groups excluding carboxylic acids is 1. The first-order valence-corrected chi connectivity index (χ1v) is 11.5. The number of allylic oxidation sites excluding steroid dienone is 1. The molecular formula is C26H32N2O5. The molecule has 7 heteroatoms. The number of fused-ring (bicyclic) bond motifs is 1. The van der Waals surface area contributed by atoms with E-state index in [-0.39, 0.29) is 11.5 Å². The van der Waals surface area contributed by atoms with Crippen molar-refractivity contribution in [3.05, 3.63) is 50.9 Å². The average Bonchev–Trinajstić information content (AvgIpc) is 3.25. The average molecular weight is 453 g/mol. The van der Waals surface area contributed by atoms with Crippen LogP contribution in [0.1, 0.15) is 48.2 Å². The molecule has 0 bridgehead atoms.